The standard InChI is InChI=1S/C10H12N6O2S/c1-5-3-6(17)15-10(14-5)19-9-7(18-2)8(16-11)12-4-13-9/h3-4H,11H2,1-2H3,(H,12,13,16)(H,14,15,17). The molecule has 4 N–H and O–H groups in total. The van der Waals surface area contributed by atoms with Crippen LogP contribution in [0.5, 0.6) is 5.75 Å². The van der Waals surface area contributed by atoms with E-state index in [1.54, 1.807) is 6.92 Å². The minimum atomic E-state index is -0.222. The summed E-state index contributed by atoms with van der Waals surface area (Å²) in [6.45, 7) is 1.74. The Bertz CT molecular complexity index is 644. The number of aromatic nitrogens is 4. The van der Waals surface area contributed by atoms with Crippen molar-refractivity contribution >= 4 is 17.6 Å². The number of aryl methyl sites for hydroxylation is 1. The smallest absolute Gasteiger partial charge is 0.251 e. The van der Waals surface area contributed by atoms with Gasteiger partial charge < -0.3 is 15.1 Å². The quantitative estimate of drug-likeness (QED) is 0.317. The van der Waals surface area contributed by atoms with Crippen molar-refractivity contribution in [3.05, 3.63) is 28.4 Å². The van der Waals surface area contributed by atoms with Crippen LogP contribution in [0.4, 0.5) is 5.82 Å². The Morgan fingerprint density at radius 1 is 1.47 bits per heavy atom. The van der Waals surface area contributed by atoms with Gasteiger partial charge in [0.2, 0.25) is 0 Å². The molecule has 2 rings (SSSR count). The van der Waals surface area contributed by atoms with E-state index >= 15 is 0 Å². The highest BCUT2D eigenvalue weighted by Crippen LogP contribution is 2.34. The first-order chi connectivity index (χ1) is 9.13. The lowest BCUT2D eigenvalue weighted by Gasteiger charge is -2.09. The number of hydrogen-bond acceptors (Lipinski definition) is 8. The molecule has 0 aliphatic heterocycles. The van der Waals surface area contributed by atoms with Gasteiger partial charge in [0.05, 0.1) is 7.11 Å². The maximum atomic E-state index is 11.4. The van der Waals surface area contributed by atoms with E-state index < -0.39 is 0 Å². The summed E-state index contributed by atoms with van der Waals surface area (Å²) in [5.41, 5.74) is 2.81. The van der Waals surface area contributed by atoms with E-state index in [1.165, 1.54) is 19.5 Å². The van der Waals surface area contributed by atoms with E-state index in [9.17, 15) is 4.79 Å². The van der Waals surface area contributed by atoms with Gasteiger partial charge in [0, 0.05) is 11.8 Å². The molecule has 9 heteroatoms. The molecule has 2 aromatic heterocycles. The molecule has 0 spiro atoms. The van der Waals surface area contributed by atoms with Gasteiger partial charge >= 0.3 is 0 Å². The van der Waals surface area contributed by atoms with Crippen LogP contribution < -0.4 is 21.6 Å². The number of hydrogen-bond donors (Lipinski definition) is 3. The summed E-state index contributed by atoms with van der Waals surface area (Å²) < 4.78 is 5.19. The Morgan fingerprint density at radius 3 is 2.89 bits per heavy atom. The predicted octanol–water partition coefficient (Wildman–Crippen LogP) is 0.314. The van der Waals surface area contributed by atoms with Gasteiger partial charge in [-0.25, -0.2) is 20.8 Å². The maximum Gasteiger partial charge on any atom is 0.251 e. The van der Waals surface area contributed by atoms with Gasteiger partial charge in [-0.3, -0.25) is 4.79 Å². The minimum Gasteiger partial charge on any atom is -0.490 e. The molecular weight excluding hydrogens is 268 g/mol. The average Bonchev–Trinajstić information content (AvgIpc) is 2.37. The zero-order chi connectivity index (χ0) is 13.8. The zero-order valence-corrected chi connectivity index (χ0v) is 11.1. The Kier molecular flexibility index (Phi) is 3.97. The van der Waals surface area contributed by atoms with E-state index in [0.717, 1.165) is 11.8 Å². The SMILES string of the molecule is COc1c(NN)ncnc1Sc1nc(C)cc(=O)[nH]1. The third-order valence-electron chi connectivity index (χ3n) is 2.15. The molecule has 0 radical (unpaired) electrons. The van der Waals surface area contributed by atoms with Crippen LogP contribution in [0.2, 0.25) is 0 Å². The molecule has 0 unspecified atom stereocenters. The molecule has 0 aliphatic carbocycles. The molecule has 19 heavy (non-hydrogen) atoms. The number of nitrogens with two attached hydrogens (primary N) is 1. The molecule has 0 saturated carbocycles. The van der Waals surface area contributed by atoms with Crippen molar-refractivity contribution in [2.24, 2.45) is 5.84 Å². The molecule has 0 atom stereocenters. The molecule has 0 saturated heterocycles. The number of rotatable bonds is 4. The van der Waals surface area contributed by atoms with E-state index in [0.29, 0.717) is 27.4 Å². The normalized spacial score (nSPS) is 10.3. The van der Waals surface area contributed by atoms with Crippen LogP contribution in [-0.4, -0.2) is 27.0 Å². The van der Waals surface area contributed by atoms with Crippen LogP contribution in [0.25, 0.3) is 0 Å². The van der Waals surface area contributed by atoms with E-state index in [-0.39, 0.29) is 5.56 Å². The third-order valence-corrected chi connectivity index (χ3v) is 3.02. The first-order valence-electron chi connectivity index (χ1n) is 5.25. The summed E-state index contributed by atoms with van der Waals surface area (Å²) in [4.78, 5) is 26.2. The van der Waals surface area contributed by atoms with Crippen molar-refractivity contribution in [2.45, 2.75) is 17.1 Å². The Balaban J connectivity index is 2.40. The second-order valence-corrected chi connectivity index (χ2v) is 4.48. The van der Waals surface area contributed by atoms with Crippen LogP contribution in [0.3, 0.4) is 0 Å². The summed E-state index contributed by atoms with van der Waals surface area (Å²) in [6.07, 6.45) is 1.34. The third kappa shape index (κ3) is 3.01. The molecule has 0 fully saturated rings. The van der Waals surface area contributed by atoms with Crippen molar-refractivity contribution < 1.29 is 4.74 Å². The van der Waals surface area contributed by atoms with Crippen LogP contribution >= 0.6 is 11.8 Å². The number of hydrazine groups is 1. The Labute approximate surface area is 112 Å². The summed E-state index contributed by atoms with van der Waals surface area (Å²) in [5, 5.41) is 0.921. The van der Waals surface area contributed by atoms with E-state index in [2.05, 4.69) is 25.4 Å². The molecule has 0 amide bonds. The molecule has 0 aromatic carbocycles. The van der Waals surface area contributed by atoms with Gasteiger partial charge in [-0.15, -0.1) is 0 Å². The highest BCUT2D eigenvalue weighted by Gasteiger charge is 2.14. The molecule has 2 aromatic rings. The summed E-state index contributed by atoms with van der Waals surface area (Å²) in [7, 11) is 1.48. The summed E-state index contributed by atoms with van der Waals surface area (Å²) in [5.74, 6) is 6.08. The molecule has 0 aliphatic rings. The maximum absolute atomic E-state index is 11.4. The molecular formula is C10H12N6O2S. The fraction of sp³-hybridized carbons (Fsp3) is 0.200. The molecule has 0 bridgehead atoms. The number of H-pyrrole nitrogens is 1. The van der Waals surface area contributed by atoms with Gasteiger partial charge in [-0.05, 0) is 18.7 Å². The van der Waals surface area contributed by atoms with Crippen molar-refractivity contribution in [3.63, 3.8) is 0 Å². The van der Waals surface area contributed by atoms with Crippen molar-refractivity contribution in [1.82, 2.24) is 19.9 Å². The van der Waals surface area contributed by atoms with Crippen molar-refractivity contribution in [2.75, 3.05) is 12.5 Å². The fourth-order valence-corrected chi connectivity index (χ4v) is 2.31. The topological polar surface area (TPSA) is 119 Å². The Hall–Kier alpha value is -2.13. The molecule has 2 heterocycles. The van der Waals surface area contributed by atoms with Gasteiger partial charge in [-0.1, -0.05) is 0 Å². The highest BCUT2D eigenvalue weighted by molar-refractivity contribution is 7.99. The lowest BCUT2D eigenvalue weighted by Crippen LogP contribution is -2.11. The largest absolute Gasteiger partial charge is 0.490 e. The second-order valence-electron chi connectivity index (χ2n) is 3.50. The number of anilines is 1. The number of nitrogen functional groups attached to an aromatic ring is 1. The van der Waals surface area contributed by atoms with E-state index in [1.807, 2.05) is 0 Å². The summed E-state index contributed by atoms with van der Waals surface area (Å²) >= 11 is 1.16. The first kappa shape index (κ1) is 13.3. The lowest BCUT2D eigenvalue weighted by molar-refractivity contribution is 0.400. The fourth-order valence-electron chi connectivity index (χ4n) is 1.41. The summed E-state index contributed by atoms with van der Waals surface area (Å²) in [6, 6.07) is 1.41. The number of methoxy groups -OCH3 is 1. The van der Waals surface area contributed by atoms with Crippen LogP contribution in [-0.2, 0) is 0 Å². The Morgan fingerprint density at radius 2 is 2.26 bits per heavy atom. The van der Waals surface area contributed by atoms with Crippen molar-refractivity contribution in [1.29, 1.82) is 0 Å². The number of nitrogens with zero attached hydrogens (tertiary/aromatic N) is 3. The lowest BCUT2D eigenvalue weighted by atomic mass is 10.5. The predicted molar refractivity (Wildman–Crippen MR) is 70.1 cm³/mol. The minimum absolute atomic E-state index is 0.222. The van der Waals surface area contributed by atoms with Crippen LogP contribution in [0.1, 0.15) is 5.69 Å². The van der Waals surface area contributed by atoms with Crippen molar-refractivity contribution in [3.8, 4) is 5.75 Å². The van der Waals surface area contributed by atoms with Gasteiger partial charge in [0.1, 0.15) is 6.33 Å². The number of aromatic amines is 1. The first-order valence-corrected chi connectivity index (χ1v) is 6.07. The number of ether oxygens (including phenoxy) is 1. The molecule has 100 valence electrons. The highest BCUT2D eigenvalue weighted by atomic mass is 32.2. The zero-order valence-electron chi connectivity index (χ0n) is 10.3. The monoisotopic (exact) mass is 280 g/mol. The van der Waals surface area contributed by atoms with Gasteiger partial charge in [-0.2, -0.15) is 0 Å². The number of nitrogens with one attached hydrogen (secondary N) is 2. The molecule has 8 nitrogen and oxygen atoms in total. The average molecular weight is 280 g/mol. The second kappa shape index (κ2) is 5.67. The van der Waals surface area contributed by atoms with Crippen LogP contribution in [0, 0.1) is 6.92 Å². The van der Waals surface area contributed by atoms with Gasteiger partial charge in [0.25, 0.3) is 5.56 Å². The van der Waals surface area contributed by atoms with E-state index in [4.69, 9.17) is 10.6 Å². The van der Waals surface area contributed by atoms with Crippen LogP contribution in [0.15, 0.2) is 27.4 Å². The van der Waals surface area contributed by atoms with Gasteiger partial charge in [0.15, 0.2) is 21.7 Å².